The highest BCUT2D eigenvalue weighted by Gasteiger charge is 2.07. The zero-order valence-electron chi connectivity index (χ0n) is 13.4. The van der Waals surface area contributed by atoms with Crippen LogP contribution in [0.1, 0.15) is 71.1 Å². The van der Waals surface area contributed by atoms with Gasteiger partial charge in [-0.25, -0.2) is 0 Å². The summed E-state index contributed by atoms with van der Waals surface area (Å²) < 4.78 is 4.83. The maximum absolute atomic E-state index is 11.3. The van der Waals surface area contributed by atoms with Crippen LogP contribution in [0.5, 0.6) is 0 Å². The average molecular weight is 300 g/mol. The highest BCUT2D eigenvalue weighted by atomic mass is 16.5. The van der Waals surface area contributed by atoms with Crippen molar-refractivity contribution in [2.75, 3.05) is 13.2 Å². The predicted molar refractivity (Wildman–Crippen MR) is 85.0 cm³/mol. The van der Waals surface area contributed by atoms with Crippen LogP contribution in [0.4, 0.5) is 0 Å². The van der Waals surface area contributed by atoms with Crippen LogP contribution in [0, 0.1) is 0 Å². The summed E-state index contributed by atoms with van der Waals surface area (Å²) in [6, 6.07) is 0. The highest BCUT2D eigenvalue weighted by molar-refractivity contribution is 5.69. The van der Waals surface area contributed by atoms with E-state index in [2.05, 4.69) is 19.1 Å². The summed E-state index contributed by atoms with van der Waals surface area (Å²) in [5, 5.41) is 17.6. The fourth-order valence-corrected chi connectivity index (χ4v) is 1.93. The zero-order chi connectivity index (χ0) is 15.8. The third kappa shape index (κ3) is 15.3. The minimum absolute atomic E-state index is 0.111. The molecule has 21 heavy (non-hydrogen) atoms. The summed E-state index contributed by atoms with van der Waals surface area (Å²) in [6.45, 7) is 1.72. The van der Waals surface area contributed by atoms with E-state index in [1.165, 1.54) is 32.1 Å². The van der Waals surface area contributed by atoms with Gasteiger partial charge in [0, 0.05) is 6.42 Å². The maximum atomic E-state index is 11.3. The Morgan fingerprint density at radius 1 is 1.05 bits per heavy atom. The first-order valence-electron chi connectivity index (χ1n) is 8.30. The van der Waals surface area contributed by atoms with Crippen LogP contribution >= 0.6 is 0 Å². The summed E-state index contributed by atoms with van der Waals surface area (Å²) in [7, 11) is 0. The smallest absolute Gasteiger partial charge is 0.305 e. The van der Waals surface area contributed by atoms with Crippen molar-refractivity contribution in [2.24, 2.45) is 0 Å². The molecule has 0 aliphatic heterocycles. The number of unbranched alkanes of at least 4 members (excludes halogenated alkanes) is 7. The van der Waals surface area contributed by atoms with Gasteiger partial charge in [0.2, 0.25) is 0 Å². The normalized spacial score (nSPS) is 12.7. The predicted octanol–water partition coefficient (Wildman–Crippen LogP) is 3.36. The molecular formula is C17H32O4. The molecule has 2 N–H and O–H groups in total. The molecule has 0 aromatic carbocycles. The van der Waals surface area contributed by atoms with Gasteiger partial charge in [0.05, 0.1) is 6.61 Å². The fraction of sp³-hybridized carbons (Fsp3) is 0.824. The van der Waals surface area contributed by atoms with Gasteiger partial charge in [0.1, 0.15) is 12.7 Å². The molecule has 0 amide bonds. The summed E-state index contributed by atoms with van der Waals surface area (Å²) in [6.07, 6.45) is 14.3. The number of hydrogen-bond donors (Lipinski definition) is 2. The SMILES string of the molecule is CCCC/C=C/CCCCCCCC(=O)OC[C@@H](O)CO. The molecule has 0 aliphatic rings. The quantitative estimate of drug-likeness (QED) is 0.293. The largest absolute Gasteiger partial charge is 0.463 e. The Morgan fingerprint density at radius 3 is 2.33 bits per heavy atom. The molecular weight excluding hydrogens is 268 g/mol. The lowest BCUT2D eigenvalue weighted by molar-refractivity contribution is -0.147. The van der Waals surface area contributed by atoms with Crippen LogP contribution in [0.15, 0.2) is 12.2 Å². The van der Waals surface area contributed by atoms with Gasteiger partial charge in [-0.05, 0) is 25.7 Å². The van der Waals surface area contributed by atoms with Gasteiger partial charge < -0.3 is 14.9 Å². The molecule has 0 heterocycles. The second-order valence-corrected chi connectivity index (χ2v) is 5.44. The van der Waals surface area contributed by atoms with E-state index in [1.54, 1.807) is 0 Å². The van der Waals surface area contributed by atoms with Crippen molar-refractivity contribution in [3.63, 3.8) is 0 Å². The van der Waals surface area contributed by atoms with Crippen molar-refractivity contribution in [1.29, 1.82) is 0 Å². The van der Waals surface area contributed by atoms with Gasteiger partial charge in [0.25, 0.3) is 0 Å². The van der Waals surface area contributed by atoms with Gasteiger partial charge in [-0.2, -0.15) is 0 Å². The summed E-state index contributed by atoms with van der Waals surface area (Å²) >= 11 is 0. The van der Waals surface area contributed by atoms with Crippen LogP contribution in [0.2, 0.25) is 0 Å². The number of carbonyl (C=O) groups excluding carboxylic acids is 1. The summed E-state index contributed by atoms with van der Waals surface area (Å²) in [4.78, 5) is 11.3. The molecule has 0 aromatic heterocycles. The van der Waals surface area contributed by atoms with E-state index in [-0.39, 0.29) is 19.2 Å². The number of rotatable bonds is 14. The Morgan fingerprint density at radius 2 is 1.67 bits per heavy atom. The van der Waals surface area contributed by atoms with E-state index in [0.29, 0.717) is 6.42 Å². The fourth-order valence-electron chi connectivity index (χ4n) is 1.93. The number of esters is 1. The van der Waals surface area contributed by atoms with Crippen molar-refractivity contribution in [1.82, 2.24) is 0 Å². The number of hydrogen-bond acceptors (Lipinski definition) is 4. The van der Waals surface area contributed by atoms with Crippen LogP contribution < -0.4 is 0 Å². The number of allylic oxidation sites excluding steroid dienone is 2. The van der Waals surface area contributed by atoms with Gasteiger partial charge in [0.15, 0.2) is 0 Å². The molecule has 0 aliphatic carbocycles. The summed E-state index contributed by atoms with van der Waals surface area (Å²) in [5.41, 5.74) is 0. The van der Waals surface area contributed by atoms with Crippen molar-refractivity contribution >= 4 is 5.97 Å². The van der Waals surface area contributed by atoms with Gasteiger partial charge in [-0.1, -0.05) is 51.2 Å². The second kappa shape index (κ2) is 15.5. The van der Waals surface area contributed by atoms with E-state index < -0.39 is 6.10 Å². The van der Waals surface area contributed by atoms with Crippen molar-refractivity contribution in [3.8, 4) is 0 Å². The van der Waals surface area contributed by atoms with E-state index in [0.717, 1.165) is 25.7 Å². The van der Waals surface area contributed by atoms with E-state index in [9.17, 15) is 4.79 Å². The molecule has 124 valence electrons. The number of carbonyl (C=O) groups is 1. The van der Waals surface area contributed by atoms with Crippen LogP contribution in [0.3, 0.4) is 0 Å². The Kier molecular flexibility index (Phi) is 14.9. The van der Waals surface area contributed by atoms with Crippen molar-refractivity contribution in [2.45, 2.75) is 77.2 Å². The first-order chi connectivity index (χ1) is 10.2. The first-order valence-corrected chi connectivity index (χ1v) is 8.30. The number of aliphatic hydroxyl groups is 2. The van der Waals surface area contributed by atoms with Gasteiger partial charge >= 0.3 is 5.97 Å². The molecule has 0 rings (SSSR count). The van der Waals surface area contributed by atoms with Gasteiger partial charge in [-0.15, -0.1) is 0 Å². The lowest BCUT2D eigenvalue weighted by Gasteiger charge is -2.08. The van der Waals surface area contributed by atoms with E-state index in [4.69, 9.17) is 14.9 Å². The number of ether oxygens (including phenoxy) is 1. The molecule has 1 atom stereocenters. The second-order valence-electron chi connectivity index (χ2n) is 5.44. The zero-order valence-corrected chi connectivity index (χ0v) is 13.4. The molecule has 4 nitrogen and oxygen atoms in total. The lowest BCUT2D eigenvalue weighted by atomic mass is 10.1. The maximum Gasteiger partial charge on any atom is 0.305 e. The Bertz CT molecular complexity index is 264. The lowest BCUT2D eigenvalue weighted by Crippen LogP contribution is -2.21. The van der Waals surface area contributed by atoms with E-state index >= 15 is 0 Å². The minimum atomic E-state index is -0.959. The van der Waals surface area contributed by atoms with Gasteiger partial charge in [-0.3, -0.25) is 4.79 Å². The summed E-state index contributed by atoms with van der Waals surface area (Å²) in [5.74, 6) is -0.290. The topological polar surface area (TPSA) is 66.8 Å². The average Bonchev–Trinajstić information content (AvgIpc) is 2.50. The molecule has 4 heteroatoms. The molecule has 0 spiro atoms. The molecule has 0 bridgehead atoms. The standard InChI is InChI=1S/C17H32O4/c1-2-3-4-5-6-7-8-9-10-11-12-13-17(20)21-15-16(19)14-18/h5-6,16,18-19H,2-4,7-15H2,1H3/b6-5+/t16-/m0/s1. The van der Waals surface area contributed by atoms with Crippen molar-refractivity contribution < 1.29 is 19.7 Å². The highest BCUT2D eigenvalue weighted by Crippen LogP contribution is 2.08. The Balaban J connectivity index is 3.24. The monoisotopic (exact) mass is 300 g/mol. The Hall–Kier alpha value is -0.870. The molecule has 0 fully saturated rings. The third-order valence-electron chi connectivity index (χ3n) is 3.29. The molecule has 0 saturated carbocycles. The van der Waals surface area contributed by atoms with Crippen molar-refractivity contribution in [3.05, 3.63) is 12.2 Å². The molecule has 0 unspecified atom stereocenters. The molecule has 0 saturated heterocycles. The first kappa shape index (κ1) is 20.1. The molecule has 0 radical (unpaired) electrons. The Labute approximate surface area is 129 Å². The minimum Gasteiger partial charge on any atom is -0.463 e. The van der Waals surface area contributed by atoms with Crippen LogP contribution in [-0.2, 0) is 9.53 Å². The molecule has 0 aromatic rings. The third-order valence-corrected chi connectivity index (χ3v) is 3.29. The van der Waals surface area contributed by atoms with Crippen LogP contribution in [0.25, 0.3) is 0 Å². The number of aliphatic hydroxyl groups excluding tert-OH is 2. The van der Waals surface area contributed by atoms with Crippen LogP contribution in [-0.4, -0.2) is 35.5 Å². The van der Waals surface area contributed by atoms with E-state index in [1.807, 2.05) is 0 Å².